The number of anilines is 2. The lowest BCUT2D eigenvalue weighted by atomic mass is 10.1. The topological polar surface area (TPSA) is 50.8 Å². The Balaban J connectivity index is 1.84. The second-order valence-electron chi connectivity index (χ2n) is 5.75. The maximum Gasteiger partial charge on any atom is 0.326 e. The van der Waals surface area contributed by atoms with Crippen LogP contribution in [0.5, 0.6) is 5.75 Å². The quantitative estimate of drug-likeness (QED) is 0.863. The monoisotopic (exact) mass is 326 g/mol. The molecule has 0 spiro atoms. The van der Waals surface area contributed by atoms with Crippen molar-refractivity contribution in [3.8, 4) is 5.75 Å². The molecule has 0 fully saturated rings. The van der Waals surface area contributed by atoms with E-state index >= 15 is 0 Å². The van der Waals surface area contributed by atoms with Crippen LogP contribution in [-0.4, -0.2) is 26.5 Å². The summed E-state index contributed by atoms with van der Waals surface area (Å²) in [6, 6.07) is 15.3. The van der Waals surface area contributed by atoms with Crippen LogP contribution < -0.4 is 15.0 Å². The molecule has 5 heteroatoms. The fourth-order valence-electron chi connectivity index (χ4n) is 2.85. The Labute approximate surface area is 142 Å². The number of para-hydroxylation sites is 1. The number of amides is 2. The van der Waals surface area contributed by atoms with Gasteiger partial charge >= 0.3 is 6.03 Å². The van der Waals surface area contributed by atoms with Crippen molar-refractivity contribution in [2.24, 2.45) is 0 Å². The lowest BCUT2D eigenvalue weighted by Gasteiger charge is -2.24. The molecular formula is C19H22N2O3. The number of fused-ring (bicyclic) bond motifs is 1. The molecule has 1 aliphatic rings. The Morgan fingerprint density at radius 2 is 2.00 bits per heavy atom. The molecule has 2 aromatic rings. The Hall–Kier alpha value is -2.53. The first kappa shape index (κ1) is 16.3. The first-order valence-corrected chi connectivity index (χ1v) is 8.16. The van der Waals surface area contributed by atoms with Crippen LogP contribution >= 0.6 is 0 Å². The van der Waals surface area contributed by atoms with Crippen LogP contribution in [0.1, 0.15) is 18.4 Å². The van der Waals surface area contributed by atoms with Gasteiger partial charge in [-0.3, -0.25) is 4.90 Å². The normalized spacial score (nSPS) is 13.8. The van der Waals surface area contributed by atoms with E-state index in [0.717, 1.165) is 30.6 Å². The van der Waals surface area contributed by atoms with Gasteiger partial charge in [-0.25, -0.2) is 4.79 Å². The van der Waals surface area contributed by atoms with Crippen LogP contribution in [-0.2, 0) is 11.2 Å². The summed E-state index contributed by atoms with van der Waals surface area (Å²) in [6.07, 6.45) is 3.01. The van der Waals surface area contributed by atoms with Gasteiger partial charge in [-0.05, 0) is 43.0 Å². The fraction of sp³-hybridized carbons (Fsp3) is 0.316. The molecule has 1 aliphatic heterocycles. The summed E-state index contributed by atoms with van der Waals surface area (Å²) in [5.41, 5.74) is 2.87. The van der Waals surface area contributed by atoms with E-state index in [2.05, 4.69) is 5.32 Å². The highest BCUT2D eigenvalue weighted by Crippen LogP contribution is 2.31. The van der Waals surface area contributed by atoms with E-state index in [1.54, 1.807) is 12.0 Å². The molecule has 3 rings (SSSR count). The number of carbonyl (C=O) groups is 1. The SMILES string of the molecule is COCOc1ccc2c(c1)N(C(=O)Nc1ccccc1)CCCC2. The van der Waals surface area contributed by atoms with Gasteiger partial charge in [0.25, 0.3) is 0 Å². The molecule has 0 aromatic heterocycles. The summed E-state index contributed by atoms with van der Waals surface area (Å²) in [4.78, 5) is 14.6. The smallest absolute Gasteiger partial charge is 0.326 e. The third kappa shape index (κ3) is 3.86. The van der Waals surface area contributed by atoms with Gasteiger partial charge in [0, 0.05) is 25.4 Å². The number of rotatable bonds is 4. The van der Waals surface area contributed by atoms with Gasteiger partial charge in [0.15, 0.2) is 6.79 Å². The van der Waals surface area contributed by atoms with Gasteiger partial charge in [0.1, 0.15) is 5.75 Å². The molecule has 0 aliphatic carbocycles. The maximum atomic E-state index is 12.8. The summed E-state index contributed by atoms with van der Waals surface area (Å²) < 4.78 is 10.5. The van der Waals surface area contributed by atoms with Crippen LogP contribution in [0.15, 0.2) is 48.5 Å². The van der Waals surface area contributed by atoms with Gasteiger partial charge in [0.2, 0.25) is 0 Å². The number of carbonyl (C=O) groups excluding carboxylic acids is 1. The predicted octanol–water partition coefficient (Wildman–Crippen LogP) is 4.04. The molecule has 5 nitrogen and oxygen atoms in total. The highest BCUT2D eigenvalue weighted by atomic mass is 16.7. The number of urea groups is 1. The molecule has 1 N–H and O–H groups in total. The number of nitrogens with one attached hydrogen (secondary N) is 1. The fourth-order valence-corrected chi connectivity index (χ4v) is 2.85. The van der Waals surface area contributed by atoms with E-state index in [1.807, 2.05) is 48.5 Å². The lowest BCUT2D eigenvalue weighted by Crippen LogP contribution is -2.35. The number of methoxy groups -OCH3 is 1. The Morgan fingerprint density at radius 3 is 2.79 bits per heavy atom. The van der Waals surface area contributed by atoms with Gasteiger partial charge < -0.3 is 14.8 Å². The van der Waals surface area contributed by atoms with Crippen LogP contribution in [0.3, 0.4) is 0 Å². The third-order valence-electron chi connectivity index (χ3n) is 4.04. The molecule has 126 valence electrons. The van der Waals surface area contributed by atoms with Crippen molar-refractivity contribution in [2.75, 3.05) is 30.7 Å². The standard InChI is InChI=1S/C19H22N2O3/c1-23-14-24-17-11-10-15-7-5-6-12-21(18(15)13-17)19(22)20-16-8-3-2-4-9-16/h2-4,8-11,13H,5-7,12,14H2,1H3,(H,20,22). The molecule has 0 bridgehead atoms. The first-order valence-electron chi connectivity index (χ1n) is 8.16. The summed E-state index contributed by atoms with van der Waals surface area (Å²) in [5, 5.41) is 2.96. The van der Waals surface area contributed by atoms with E-state index < -0.39 is 0 Å². The Kier molecular flexibility index (Phi) is 5.33. The molecular weight excluding hydrogens is 304 g/mol. The van der Waals surface area contributed by atoms with Crippen molar-refractivity contribution < 1.29 is 14.3 Å². The largest absolute Gasteiger partial charge is 0.467 e. The first-order chi connectivity index (χ1) is 11.8. The average molecular weight is 326 g/mol. The molecule has 0 saturated heterocycles. The highest BCUT2D eigenvalue weighted by Gasteiger charge is 2.22. The lowest BCUT2D eigenvalue weighted by molar-refractivity contribution is 0.0511. The van der Waals surface area contributed by atoms with Crippen molar-refractivity contribution in [2.45, 2.75) is 19.3 Å². The van der Waals surface area contributed by atoms with Gasteiger partial charge in [-0.15, -0.1) is 0 Å². The van der Waals surface area contributed by atoms with Gasteiger partial charge in [-0.2, -0.15) is 0 Å². The molecule has 0 saturated carbocycles. The van der Waals surface area contributed by atoms with Gasteiger partial charge in [0.05, 0.1) is 5.69 Å². The zero-order chi connectivity index (χ0) is 16.8. The van der Waals surface area contributed by atoms with E-state index in [0.29, 0.717) is 12.3 Å². The number of hydrogen-bond donors (Lipinski definition) is 1. The third-order valence-corrected chi connectivity index (χ3v) is 4.04. The summed E-state index contributed by atoms with van der Waals surface area (Å²) in [6.45, 7) is 0.883. The molecule has 0 unspecified atom stereocenters. The zero-order valence-corrected chi connectivity index (χ0v) is 13.8. The van der Waals surface area contributed by atoms with Gasteiger partial charge in [-0.1, -0.05) is 24.3 Å². The minimum absolute atomic E-state index is 0.117. The van der Waals surface area contributed by atoms with Crippen LogP contribution in [0.4, 0.5) is 16.2 Å². The minimum atomic E-state index is -0.117. The highest BCUT2D eigenvalue weighted by molar-refractivity contribution is 6.02. The van der Waals surface area contributed by atoms with Crippen molar-refractivity contribution in [1.82, 2.24) is 0 Å². The molecule has 2 amide bonds. The molecule has 1 heterocycles. The Bertz CT molecular complexity index is 688. The summed E-state index contributed by atoms with van der Waals surface area (Å²) in [7, 11) is 1.59. The van der Waals surface area contributed by atoms with Crippen molar-refractivity contribution >= 4 is 17.4 Å². The number of benzene rings is 2. The number of hydrogen-bond acceptors (Lipinski definition) is 3. The number of aryl methyl sites for hydroxylation is 1. The molecule has 0 atom stereocenters. The summed E-state index contributed by atoms with van der Waals surface area (Å²) in [5.74, 6) is 0.704. The van der Waals surface area contributed by atoms with Crippen LogP contribution in [0.2, 0.25) is 0 Å². The van der Waals surface area contributed by atoms with E-state index in [1.165, 1.54) is 5.56 Å². The van der Waals surface area contributed by atoms with E-state index in [-0.39, 0.29) is 12.8 Å². The second kappa shape index (κ2) is 7.84. The minimum Gasteiger partial charge on any atom is -0.467 e. The average Bonchev–Trinajstić information content (AvgIpc) is 2.82. The van der Waals surface area contributed by atoms with E-state index in [9.17, 15) is 4.79 Å². The zero-order valence-electron chi connectivity index (χ0n) is 13.8. The van der Waals surface area contributed by atoms with Crippen LogP contribution in [0.25, 0.3) is 0 Å². The summed E-state index contributed by atoms with van der Waals surface area (Å²) >= 11 is 0. The molecule has 0 radical (unpaired) electrons. The van der Waals surface area contributed by atoms with Crippen LogP contribution in [0, 0.1) is 0 Å². The molecule has 2 aromatic carbocycles. The molecule has 24 heavy (non-hydrogen) atoms. The number of ether oxygens (including phenoxy) is 2. The Morgan fingerprint density at radius 1 is 1.17 bits per heavy atom. The van der Waals surface area contributed by atoms with E-state index in [4.69, 9.17) is 9.47 Å². The van der Waals surface area contributed by atoms with Crippen molar-refractivity contribution in [3.05, 3.63) is 54.1 Å². The predicted molar refractivity (Wildman–Crippen MR) is 94.7 cm³/mol. The van der Waals surface area contributed by atoms with Crippen molar-refractivity contribution in [3.63, 3.8) is 0 Å². The number of nitrogens with zero attached hydrogens (tertiary/aromatic N) is 1. The second-order valence-corrected chi connectivity index (χ2v) is 5.75. The van der Waals surface area contributed by atoms with Crippen molar-refractivity contribution in [1.29, 1.82) is 0 Å². The maximum absolute atomic E-state index is 12.8.